The SMILES string of the molecule is CC(C)(C)N1CCNS1. The molecule has 1 saturated heterocycles. The van der Waals surface area contributed by atoms with Crippen molar-refractivity contribution in [2.24, 2.45) is 0 Å². The summed E-state index contributed by atoms with van der Waals surface area (Å²) >= 11 is 1.73. The predicted molar refractivity (Wildman–Crippen MR) is 42.1 cm³/mol. The Balaban J connectivity index is 2.42. The standard InChI is InChI=1S/C6H14N2S/c1-6(2,3)8-5-4-7-9-8/h7H,4-5H2,1-3H3. The summed E-state index contributed by atoms with van der Waals surface area (Å²) in [5.74, 6) is 0. The maximum atomic E-state index is 3.22. The molecule has 0 unspecified atom stereocenters. The van der Waals surface area contributed by atoms with Crippen LogP contribution in [0.3, 0.4) is 0 Å². The van der Waals surface area contributed by atoms with E-state index < -0.39 is 0 Å². The summed E-state index contributed by atoms with van der Waals surface area (Å²) < 4.78 is 5.58. The van der Waals surface area contributed by atoms with E-state index in [2.05, 4.69) is 29.8 Å². The van der Waals surface area contributed by atoms with Gasteiger partial charge in [-0.15, -0.1) is 0 Å². The Bertz CT molecular complexity index is 91.7. The monoisotopic (exact) mass is 146 g/mol. The summed E-state index contributed by atoms with van der Waals surface area (Å²) in [7, 11) is 0. The van der Waals surface area contributed by atoms with Gasteiger partial charge in [0.1, 0.15) is 0 Å². The van der Waals surface area contributed by atoms with Gasteiger partial charge in [0, 0.05) is 30.8 Å². The van der Waals surface area contributed by atoms with Gasteiger partial charge in [-0.25, -0.2) is 9.03 Å². The van der Waals surface area contributed by atoms with Crippen molar-refractivity contribution in [1.29, 1.82) is 0 Å². The fraction of sp³-hybridized carbons (Fsp3) is 1.00. The van der Waals surface area contributed by atoms with Crippen LogP contribution in [-0.2, 0) is 0 Å². The minimum Gasteiger partial charge on any atom is -0.249 e. The highest BCUT2D eigenvalue weighted by Gasteiger charge is 2.24. The fourth-order valence-electron chi connectivity index (χ4n) is 0.789. The lowest BCUT2D eigenvalue weighted by molar-refractivity contribution is 0.292. The summed E-state index contributed by atoms with van der Waals surface area (Å²) in [4.78, 5) is 0. The lowest BCUT2D eigenvalue weighted by atomic mass is 10.1. The summed E-state index contributed by atoms with van der Waals surface area (Å²) in [5.41, 5.74) is 0.314. The smallest absolute Gasteiger partial charge is 0.0242 e. The van der Waals surface area contributed by atoms with Gasteiger partial charge in [0.05, 0.1) is 0 Å². The molecular weight excluding hydrogens is 132 g/mol. The largest absolute Gasteiger partial charge is 0.249 e. The number of hydrogen-bond donors (Lipinski definition) is 1. The van der Waals surface area contributed by atoms with Crippen molar-refractivity contribution in [3.63, 3.8) is 0 Å². The van der Waals surface area contributed by atoms with Crippen molar-refractivity contribution in [3.05, 3.63) is 0 Å². The molecule has 54 valence electrons. The van der Waals surface area contributed by atoms with Gasteiger partial charge in [0.25, 0.3) is 0 Å². The second kappa shape index (κ2) is 2.48. The summed E-state index contributed by atoms with van der Waals surface area (Å²) in [6.45, 7) is 8.96. The Hall–Kier alpha value is 0.270. The van der Waals surface area contributed by atoms with Crippen LogP contribution in [-0.4, -0.2) is 22.9 Å². The van der Waals surface area contributed by atoms with Crippen LogP contribution in [0.5, 0.6) is 0 Å². The van der Waals surface area contributed by atoms with E-state index in [4.69, 9.17) is 0 Å². The van der Waals surface area contributed by atoms with Crippen molar-refractivity contribution >= 4 is 12.1 Å². The minimum atomic E-state index is 0.314. The maximum Gasteiger partial charge on any atom is 0.0242 e. The molecule has 0 aromatic heterocycles. The predicted octanol–water partition coefficient (Wildman–Crippen LogP) is 1.25. The molecule has 1 aliphatic heterocycles. The van der Waals surface area contributed by atoms with Gasteiger partial charge in [-0.1, -0.05) is 0 Å². The molecule has 1 heterocycles. The van der Waals surface area contributed by atoms with Crippen LogP contribution >= 0.6 is 12.1 Å². The molecule has 0 atom stereocenters. The van der Waals surface area contributed by atoms with Gasteiger partial charge >= 0.3 is 0 Å². The van der Waals surface area contributed by atoms with E-state index in [-0.39, 0.29) is 0 Å². The number of hydrogen-bond acceptors (Lipinski definition) is 3. The molecule has 2 nitrogen and oxygen atoms in total. The van der Waals surface area contributed by atoms with E-state index in [1.807, 2.05) is 0 Å². The normalized spacial score (nSPS) is 23.0. The zero-order valence-electron chi connectivity index (χ0n) is 6.27. The first kappa shape index (κ1) is 7.38. The van der Waals surface area contributed by atoms with Crippen molar-refractivity contribution < 1.29 is 0 Å². The van der Waals surface area contributed by atoms with Crippen LogP contribution in [0.25, 0.3) is 0 Å². The van der Waals surface area contributed by atoms with Crippen molar-refractivity contribution in [2.45, 2.75) is 26.3 Å². The number of rotatable bonds is 0. The van der Waals surface area contributed by atoms with Gasteiger partial charge in [-0.05, 0) is 20.8 Å². The zero-order valence-corrected chi connectivity index (χ0v) is 7.09. The Labute approximate surface area is 61.3 Å². The van der Waals surface area contributed by atoms with Crippen LogP contribution in [0, 0.1) is 0 Å². The van der Waals surface area contributed by atoms with Crippen LogP contribution in [0.1, 0.15) is 20.8 Å². The molecule has 0 spiro atoms. The van der Waals surface area contributed by atoms with Gasteiger partial charge in [-0.2, -0.15) is 0 Å². The molecule has 1 aliphatic rings. The van der Waals surface area contributed by atoms with Crippen LogP contribution in [0.15, 0.2) is 0 Å². The van der Waals surface area contributed by atoms with Gasteiger partial charge in [-0.3, -0.25) is 0 Å². The van der Waals surface area contributed by atoms with E-state index in [9.17, 15) is 0 Å². The van der Waals surface area contributed by atoms with Crippen LogP contribution in [0.4, 0.5) is 0 Å². The van der Waals surface area contributed by atoms with E-state index in [1.54, 1.807) is 12.1 Å². The summed E-state index contributed by atoms with van der Waals surface area (Å²) in [6, 6.07) is 0. The van der Waals surface area contributed by atoms with Crippen molar-refractivity contribution in [2.75, 3.05) is 13.1 Å². The van der Waals surface area contributed by atoms with E-state index in [1.165, 1.54) is 0 Å². The molecule has 1 rings (SSSR count). The molecular formula is C6H14N2S. The van der Waals surface area contributed by atoms with Gasteiger partial charge in [0.15, 0.2) is 0 Å². The fourth-order valence-corrected chi connectivity index (χ4v) is 1.58. The first-order chi connectivity index (χ1) is 4.11. The third-order valence-corrected chi connectivity index (χ3v) is 2.62. The summed E-state index contributed by atoms with van der Waals surface area (Å²) in [5, 5.41) is 0. The number of nitrogens with zero attached hydrogens (tertiary/aromatic N) is 1. The molecule has 1 N–H and O–H groups in total. The zero-order chi connectivity index (χ0) is 6.91. The third kappa shape index (κ3) is 1.85. The Kier molecular flexibility index (Phi) is 2.03. The molecule has 0 aliphatic carbocycles. The van der Waals surface area contributed by atoms with E-state index in [0.29, 0.717) is 5.54 Å². The average Bonchev–Trinajstić information content (AvgIpc) is 2.08. The number of nitrogens with one attached hydrogen (secondary N) is 1. The summed E-state index contributed by atoms with van der Waals surface area (Å²) in [6.07, 6.45) is 0. The Morgan fingerprint density at radius 2 is 2.11 bits per heavy atom. The highest BCUT2D eigenvalue weighted by Crippen LogP contribution is 2.23. The van der Waals surface area contributed by atoms with Crippen molar-refractivity contribution in [3.8, 4) is 0 Å². The average molecular weight is 146 g/mol. The van der Waals surface area contributed by atoms with Crippen LogP contribution < -0.4 is 4.72 Å². The second-order valence-electron chi connectivity index (χ2n) is 3.26. The molecule has 1 fully saturated rings. The minimum absolute atomic E-state index is 0.314. The van der Waals surface area contributed by atoms with Crippen LogP contribution in [0.2, 0.25) is 0 Å². The highest BCUT2D eigenvalue weighted by molar-refractivity contribution is 7.95. The highest BCUT2D eigenvalue weighted by atomic mass is 32.2. The van der Waals surface area contributed by atoms with Crippen molar-refractivity contribution in [1.82, 2.24) is 9.03 Å². The molecule has 3 heteroatoms. The molecule has 0 amide bonds. The first-order valence-corrected chi connectivity index (χ1v) is 4.05. The Morgan fingerprint density at radius 1 is 1.44 bits per heavy atom. The topological polar surface area (TPSA) is 15.3 Å². The second-order valence-corrected chi connectivity index (χ2v) is 4.17. The Morgan fingerprint density at radius 3 is 2.33 bits per heavy atom. The van der Waals surface area contributed by atoms with E-state index in [0.717, 1.165) is 13.1 Å². The van der Waals surface area contributed by atoms with Gasteiger partial charge in [0.2, 0.25) is 0 Å². The molecule has 0 saturated carbocycles. The molecule has 0 aromatic rings. The molecule has 0 bridgehead atoms. The van der Waals surface area contributed by atoms with E-state index >= 15 is 0 Å². The third-order valence-electron chi connectivity index (χ3n) is 1.34. The quantitative estimate of drug-likeness (QED) is 0.518. The first-order valence-electron chi connectivity index (χ1n) is 3.28. The molecule has 0 aromatic carbocycles. The molecule has 0 radical (unpaired) electrons. The molecule has 9 heavy (non-hydrogen) atoms. The maximum absolute atomic E-state index is 3.22. The van der Waals surface area contributed by atoms with Gasteiger partial charge < -0.3 is 0 Å². The lowest BCUT2D eigenvalue weighted by Crippen LogP contribution is -2.34. The lowest BCUT2D eigenvalue weighted by Gasteiger charge is -2.28.